The van der Waals surface area contributed by atoms with Gasteiger partial charge >= 0.3 is 0 Å². The monoisotopic (exact) mass is 416 g/mol. The van der Waals surface area contributed by atoms with Crippen molar-refractivity contribution >= 4 is 51.5 Å². The van der Waals surface area contributed by atoms with Crippen molar-refractivity contribution in [2.75, 3.05) is 5.32 Å². The maximum atomic E-state index is 12.2. The summed E-state index contributed by atoms with van der Waals surface area (Å²) in [7, 11) is 0. The average molecular weight is 417 g/mol. The van der Waals surface area contributed by atoms with Crippen LogP contribution in [0, 0.1) is 25.2 Å². The zero-order valence-electron chi connectivity index (χ0n) is 14.5. The molecule has 136 valence electrons. The van der Waals surface area contributed by atoms with Gasteiger partial charge in [-0.05, 0) is 55.8 Å². The van der Waals surface area contributed by atoms with Gasteiger partial charge in [0, 0.05) is 26.6 Å². The number of furan rings is 1. The largest absolute Gasteiger partial charge is 0.457 e. The minimum Gasteiger partial charge on any atom is -0.457 e. The molecule has 0 bridgehead atoms. The Morgan fingerprint density at radius 2 is 1.93 bits per heavy atom. The third-order valence-electron chi connectivity index (χ3n) is 3.91. The number of anilines is 1. The van der Waals surface area contributed by atoms with Crippen LogP contribution in [0.5, 0.6) is 0 Å². The number of carbonyl (C=O) groups excluding carboxylic acids is 1. The summed E-state index contributed by atoms with van der Waals surface area (Å²) in [4.78, 5) is 13.2. The van der Waals surface area contributed by atoms with Crippen molar-refractivity contribution in [1.29, 1.82) is 5.26 Å². The zero-order valence-corrected chi connectivity index (χ0v) is 16.8. The van der Waals surface area contributed by atoms with E-state index in [0.29, 0.717) is 32.1 Å². The Morgan fingerprint density at radius 1 is 1.22 bits per heavy atom. The Kier molecular flexibility index (Phi) is 5.71. The third kappa shape index (κ3) is 4.42. The maximum Gasteiger partial charge on any atom is 0.249 e. The first kappa shape index (κ1) is 19.2. The molecule has 0 saturated heterocycles. The van der Waals surface area contributed by atoms with E-state index in [9.17, 15) is 10.1 Å². The van der Waals surface area contributed by atoms with E-state index in [4.69, 9.17) is 27.6 Å². The fourth-order valence-electron chi connectivity index (χ4n) is 2.45. The van der Waals surface area contributed by atoms with Gasteiger partial charge in [-0.3, -0.25) is 4.79 Å². The van der Waals surface area contributed by atoms with Gasteiger partial charge < -0.3 is 9.73 Å². The van der Waals surface area contributed by atoms with Crippen LogP contribution in [0.2, 0.25) is 10.0 Å². The van der Waals surface area contributed by atoms with E-state index < -0.39 is 0 Å². The van der Waals surface area contributed by atoms with Gasteiger partial charge in [-0.1, -0.05) is 23.2 Å². The van der Waals surface area contributed by atoms with Gasteiger partial charge in [0.05, 0.1) is 5.56 Å². The summed E-state index contributed by atoms with van der Waals surface area (Å²) in [5.74, 6) is 0.766. The van der Waals surface area contributed by atoms with Gasteiger partial charge in [-0.25, -0.2) is 0 Å². The van der Waals surface area contributed by atoms with E-state index in [1.54, 1.807) is 36.4 Å². The van der Waals surface area contributed by atoms with Crippen LogP contribution in [0.25, 0.3) is 17.4 Å². The maximum absolute atomic E-state index is 12.2. The van der Waals surface area contributed by atoms with E-state index in [-0.39, 0.29) is 5.91 Å². The molecule has 0 spiro atoms. The van der Waals surface area contributed by atoms with Gasteiger partial charge in [0.2, 0.25) is 5.91 Å². The van der Waals surface area contributed by atoms with Crippen molar-refractivity contribution in [1.82, 2.24) is 0 Å². The summed E-state index contributed by atoms with van der Waals surface area (Å²) in [6, 6.07) is 10.8. The first-order chi connectivity index (χ1) is 12.9. The number of nitrogens with one attached hydrogen (secondary N) is 1. The summed E-state index contributed by atoms with van der Waals surface area (Å²) in [5.41, 5.74) is 2.13. The molecule has 0 unspecified atom stereocenters. The number of nitrogens with zero attached hydrogens (tertiary/aromatic N) is 1. The fourth-order valence-corrected chi connectivity index (χ4v) is 3.99. The lowest BCUT2D eigenvalue weighted by Gasteiger charge is -2.00. The topological polar surface area (TPSA) is 66.0 Å². The fraction of sp³-hybridized carbons (Fsp3) is 0.100. The lowest BCUT2D eigenvalue weighted by Crippen LogP contribution is -2.07. The molecule has 2 heterocycles. The Morgan fingerprint density at radius 3 is 2.59 bits per heavy atom. The van der Waals surface area contributed by atoms with Crippen molar-refractivity contribution in [3.05, 3.63) is 68.2 Å². The molecule has 1 aromatic carbocycles. The predicted octanol–water partition coefficient (Wildman–Crippen LogP) is 6.46. The molecule has 0 aliphatic carbocycles. The number of rotatable bonds is 4. The minimum atomic E-state index is -0.337. The molecule has 0 aliphatic rings. The van der Waals surface area contributed by atoms with Gasteiger partial charge in [-0.15, -0.1) is 11.3 Å². The smallest absolute Gasteiger partial charge is 0.249 e. The number of halogens is 2. The molecule has 3 rings (SSSR count). The summed E-state index contributed by atoms with van der Waals surface area (Å²) >= 11 is 13.4. The van der Waals surface area contributed by atoms with Gasteiger partial charge in [0.15, 0.2) is 0 Å². The second kappa shape index (κ2) is 8.01. The van der Waals surface area contributed by atoms with Crippen LogP contribution in [0.15, 0.2) is 40.8 Å². The van der Waals surface area contributed by atoms with Crippen LogP contribution >= 0.6 is 34.5 Å². The number of nitriles is 1. The molecule has 2 aromatic heterocycles. The number of carbonyl (C=O) groups is 1. The Balaban J connectivity index is 1.73. The first-order valence-corrected chi connectivity index (χ1v) is 9.50. The number of benzene rings is 1. The number of hydrogen-bond acceptors (Lipinski definition) is 4. The minimum absolute atomic E-state index is 0.337. The Hall–Kier alpha value is -2.52. The molecule has 27 heavy (non-hydrogen) atoms. The second-order valence-corrected chi connectivity index (χ2v) is 7.88. The van der Waals surface area contributed by atoms with Crippen LogP contribution in [0.3, 0.4) is 0 Å². The highest BCUT2D eigenvalue weighted by Crippen LogP contribution is 2.32. The molecular weight excluding hydrogens is 403 g/mol. The standard InChI is InChI=1S/C20H14Cl2N2O2S/c1-11-12(2)27-20(17(11)10-23)24-19(25)6-4-16-3-5-18(26-16)13-7-14(21)9-15(22)8-13/h3-9H,1-2H3,(H,24,25)/b6-4+. The number of amides is 1. The lowest BCUT2D eigenvalue weighted by atomic mass is 10.2. The third-order valence-corrected chi connectivity index (χ3v) is 5.47. The van der Waals surface area contributed by atoms with E-state index >= 15 is 0 Å². The van der Waals surface area contributed by atoms with E-state index in [2.05, 4.69) is 11.4 Å². The van der Waals surface area contributed by atoms with E-state index in [1.807, 2.05) is 13.8 Å². The van der Waals surface area contributed by atoms with Crippen molar-refractivity contribution in [2.45, 2.75) is 13.8 Å². The lowest BCUT2D eigenvalue weighted by molar-refractivity contribution is -0.111. The summed E-state index contributed by atoms with van der Waals surface area (Å²) in [5, 5.41) is 13.6. The number of aryl methyl sites for hydroxylation is 1. The second-order valence-electron chi connectivity index (χ2n) is 5.78. The molecule has 0 atom stereocenters. The van der Waals surface area contributed by atoms with E-state index in [1.165, 1.54) is 17.4 Å². The molecule has 0 radical (unpaired) electrons. The highest BCUT2D eigenvalue weighted by Gasteiger charge is 2.13. The molecule has 1 N–H and O–H groups in total. The van der Waals surface area contributed by atoms with Gasteiger partial charge in [-0.2, -0.15) is 5.26 Å². The van der Waals surface area contributed by atoms with Crippen LogP contribution in [0.4, 0.5) is 5.00 Å². The van der Waals surface area contributed by atoms with Crippen LogP contribution in [-0.4, -0.2) is 5.91 Å². The van der Waals surface area contributed by atoms with Crippen molar-refractivity contribution in [3.8, 4) is 17.4 Å². The molecule has 4 nitrogen and oxygen atoms in total. The summed E-state index contributed by atoms with van der Waals surface area (Å²) < 4.78 is 5.71. The van der Waals surface area contributed by atoms with Crippen LogP contribution in [0.1, 0.15) is 21.8 Å². The van der Waals surface area contributed by atoms with Crippen molar-refractivity contribution in [2.24, 2.45) is 0 Å². The number of thiophene rings is 1. The van der Waals surface area contributed by atoms with Gasteiger partial charge in [0.25, 0.3) is 0 Å². The van der Waals surface area contributed by atoms with Crippen molar-refractivity contribution in [3.63, 3.8) is 0 Å². The molecule has 0 fully saturated rings. The van der Waals surface area contributed by atoms with E-state index in [0.717, 1.165) is 16.0 Å². The quantitative estimate of drug-likeness (QED) is 0.496. The first-order valence-electron chi connectivity index (χ1n) is 7.93. The highest BCUT2D eigenvalue weighted by molar-refractivity contribution is 7.16. The zero-order chi connectivity index (χ0) is 19.6. The molecular formula is C20H14Cl2N2O2S. The molecule has 7 heteroatoms. The van der Waals surface area contributed by atoms with Gasteiger partial charge in [0.1, 0.15) is 22.6 Å². The molecule has 0 aliphatic heterocycles. The van der Waals surface area contributed by atoms with Crippen LogP contribution in [-0.2, 0) is 4.79 Å². The molecule has 1 amide bonds. The molecule has 3 aromatic rings. The number of hydrogen-bond donors (Lipinski definition) is 1. The Bertz CT molecular complexity index is 1070. The highest BCUT2D eigenvalue weighted by atomic mass is 35.5. The Labute approximate surface area is 170 Å². The SMILES string of the molecule is Cc1sc(NC(=O)/C=C/c2ccc(-c3cc(Cl)cc(Cl)c3)o2)c(C#N)c1C. The summed E-state index contributed by atoms with van der Waals surface area (Å²) in [6.07, 6.45) is 2.92. The summed E-state index contributed by atoms with van der Waals surface area (Å²) in [6.45, 7) is 3.78. The predicted molar refractivity (Wildman–Crippen MR) is 110 cm³/mol. The normalized spacial score (nSPS) is 10.9. The van der Waals surface area contributed by atoms with Crippen LogP contribution < -0.4 is 5.32 Å². The van der Waals surface area contributed by atoms with Crippen molar-refractivity contribution < 1.29 is 9.21 Å². The average Bonchev–Trinajstić information content (AvgIpc) is 3.18. The molecule has 0 saturated carbocycles.